The highest BCUT2D eigenvalue weighted by Gasteiger charge is 2.22. The first kappa shape index (κ1) is 29.7. The molecule has 4 aromatic rings. The Morgan fingerprint density at radius 1 is 0.927 bits per heavy atom. The summed E-state index contributed by atoms with van der Waals surface area (Å²) in [5.74, 6) is -0.260. The van der Waals surface area contributed by atoms with Crippen LogP contribution in [0, 0.1) is 11.7 Å². The van der Waals surface area contributed by atoms with Crippen molar-refractivity contribution in [3.05, 3.63) is 102 Å². The molecule has 1 heterocycles. The summed E-state index contributed by atoms with van der Waals surface area (Å²) in [6.45, 7) is 6.58. The lowest BCUT2D eigenvalue weighted by Crippen LogP contribution is -2.40. The molecule has 6 nitrogen and oxygen atoms in total. The molecule has 3 aromatic carbocycles. The summed E-state index contributed by atoms with van der Waals surface area (Å²) in [5, 5.41) is 7.62. The van der Waals surface area contributed by atoms with E-state index in [1.807, 2.05) is 68.4 Å². The molecule has 0 radical (unpaired) electrons. The van der Waals surface area contributed by atoms with Gasteiger partial charge in [0.2, 0.25) is 5.91 Å². The zero-order valence-electron chi connectivity index (χ0n) is 24.1. The number of anilines is 1. The van der Waals surface area contributed by atoms with Crippen molar-refractivity contribution in [3.63, 3.8) is 0 Å². The monoisotopic (exact) mass is 554 g/mol. The van der Waals surface area contributed by atoms with Crippen LogP contribution in [-0.4, -0.2) is 39.6 Å². The molecule has 0 spiro atoms. The van der Waals surface area contributed by atoms with Crippen molar-refractivity contribution < 1.29 is 14.0 Å². The highest BCUT2D eigenvalue weighted by atomic mass is 19.1. The average Bonchev–Trinajstić information content (AvgIpc) is 3.39. The van der Waals surface area contributed by atoms with Gasteiger partial charge in [-0.3, -0.25) is 9.59 Å². The number of hydrogen-bond acceptors (Lipinski definition) is 3. The van der Waals surface area contributed by atoms with E-state index >= 15 is 0 Å². The minimum Gasteiger partial charge on any atom is -0.329 e. The molecule has 2 amide bonds. The van der Waals surface area contributed by atoms with E-state index in [-0.39, 0.29) is 30.1 Å². The molecular formula is C34H39FN4O2. The van der Waals surface area contributed by atoms with E-state index in [0.29, 0.717) is 29.3 Å². The number of aromatic nitrogens is 2. The van der Waals surface area contributed by atoms with Crippen LogP contribution in [0.25, 0.3) is 16.9 Å². The average molecular weight is 555 g/mol. The van der Waals surface area contributed by atoms with Crippen LogP contribution in [0.5, 0.6) is 0 Å². The molecule has 0 saturated heterocycles. The molecule has 0 atom stereocenters. The molecule has 0 saturated carbocycles. The van der Waals surface area contributed by atoms with Crippen LogP contribution in [0.2, 0.25) is 0 Å². The highest BCUT2D eigenvalue weighted by Crippen LogP contribution is 2.25. The first-order chi connectivity index (χ1) is 19.8. The predicted octanol–water partition coefficient (Wildman–Crippen LogP) is 7.54. The van der Waals surface area contributed by atoms with Crippen molar-refractivity contribution in [3.8, 4) is 16.9 Å². The number of hydrogen-bond donors (Lipinski definition) is 1. The smallest absolute Gasteiger partial charge is 0.254 e. The van der Waals surface area contributed by atoms with E-state index in [9.17, 15) is 14.0 Å². The number of amides is 2. The third-order valence-corrected chi connectivity index (χ3v) is 6.84. The summed E-state index contributed by atoms with van der Waals surface area (Å²) in [6, 6.07) is 25.1. The molecule has 0 aliphatic rings. The van der Waals surface area contributed by atoms with Gasteiger partial charge in [0.1, 0.15) is 18.2 Å². The number of nitrogens with zero attached hydrogens (tertiary/aromatic N) is 3. The lowest BCUT2D eigenvalue weighted by molar-refractivity contribution is -0.117. The van der Waals surface area contributed by atoms with Crippen molar-refractivity contribution in [2.45, 2.75) is 52.9 Å². The second kappa shape index (κ2) is 14.4. The maximum atomic E-state index is 13.6. The SMILES string of the molecule is CCCCCCc1ccc(C(=O)N(CC(=O)Nc2cc(-c3ccccc3)nn2-c2ccc(F)cc2)CC(C)C)cc1. The van der Waals surface area contributed by atoms with Crippen molar-refractivity contribution >= 4 is 17.6 Å². The Morgan fingerprint density at radius 2 is 1.63 bits per heavy atom. The molecule has 4 rings (SSSR count). The second-order valence-electron chi connectivity index (χ2n) is 10.8. The normalized spacial score (nSPS) is 11.0. The lowest BCUT2D eigenvalue weighted by Gasteiger charge is -2.24. The topological polar surface area (TPSA) is 67.2 Å². The number of rotatable bonds is 13. The fourth-order valence-corrected chi connectivity index (χ4v) is 4.77. The van der Waals surface area contributed by atoms with E-state index in [2.05, 4.69) is 17.3 Å². The Balaban J connectivity index is 1.51. The standard InChI is InChI=1S/C34H39FN4O2/c1-4-5-6-8-11-26-14-16-28(17-15-26)34(41)38(23-25(2)3)24-33(40)36-32-22-31(27-12-9-7-10-13-27)37-39(32)30-20-18-29(35)19-21-30/h7,9-10,12-22,25H,4-6,8,11,23-24H2,1-3H3,(H,36,40). The molecule has 41 heavy (non-hydrogen) atoms. The van der Waals surface area contributed by atoms with Crippen molar-refractivity contribution in [1.82, 2.24) is 14.7 Å². The van der Waals surface area contributed by atoms with Gasteiger partial charge < -0.3 is 10.2 Å². The van der Waals surface area contributed by atoms with Crippen molar-refractivity contribution in [2.75, 3.05) is 18.4 Å². The number of carbonyl (C=O) groups excluding carboxylic acids is 2. The van der Waals surface area contributed by atoms with Gasteiger partial charge >= 0.3 is 0 Å². The van der Waals surface area contributed by atoms with Crippen LogP contribution in [0.4, 0.5) is 10.2 Å². The summed E-state index contributed by atoms with van der Waals surface area (Å²) in [7, 11) is 0. The zero-order valence-corrected chi connectivity index (χ0v) is 24.1. The fourth-order valence-electron chi connectivity index (χ4n) is 4.77. The number of halogens is 1. The van der Waals surface area contributed by atoms with Gasteiger partial charge in [-0.25, -0.2) is 9.07 Å². The number of aryl methyl sites for hydroxylation is 1. The minimum absolute atomic E-state index is 0.106. The van der Waals surface area contributed by atoms with Crippen LogP contribution in [0.1, 0.15) is 62.4 Å². The van der Waals surface area contributed by atoms with Crippen LogP contribution >= 0.6 is 0 Å². The first-order valence-electron chi connectivity index (χ1n) is 14.4. The summed E-state index contributed by atoms with van der Waals surface area (Å²) in [6.07, 6.45) is 5.79. The zero-order chi connectivity index (χ0) is 29.2. The van der Waals surface area contributed by atoms with Gasteiger partial charge in [0.15, 0.2) is 0 Å². The van der Waals surface area contributed by atoms with Gasteiger partial charge in [0.25, 0.3) is 5.91 Å². The number of benzene rings is 3. The predicted molar refractivity (Wildman–Crippen MR) is 163 cm³/mol. The van der Waals surface area contributed by atoms with Gasteiger partial charge in [-0.1, -0.05) is 82.5 Å². The van der Waals surface area contributed by atoms with Crippen molar-refractivity contribution in [2.24, 2.45) is 5.92 Å². The molecule has 0 aliphatic carbocycles. The van der Waals surface area contributed by atoms with Crippen LogP contribution in [-0.2, 0) is 11.2 Å². The van der Waals surface area contributed by atoms with E-state index in [1.165, 1.54) is 37.0 Å². The summed E-state index contributed by atoms with van der Waals surface area (Å²) < 4.78 is 15.2. The Bertz CT molecular complexity index is 1410. The van der Waals surface area contributed by atoms with Gasteiger partial charge in [0, 0.05) is 23.7 Å². The molecule has 1 N–H and O–H groups in total. The molecule has 1 aromatic heterocycles. The van der Waals surface area contributed by atoms with Crippen molar-refractivity contribution in [1.29, 1.82) is 0 Å². The van der Waals surface area contributed by atoms with Crippen LogP contribution in [0.3, 0.4) is 0 Å². The van der Waals surface area contributed by atoms with Gasteiger partial charge in [-0.05, 0) is 60.7 Å². The maximum absolute atomic E-state index is 13.6. The molecule has 214 valence electrons. The minimum atomic E-state index is -0.359. The largest absolute Gasteiger partial charge is 0.329 e. The van der Waals surface area contributed by atoms with E-state index in [0.717, 1.165) is 18.4 Å². The van der Waals surface area contributed by atoms with E-state index < -0.39 is 0 Å². The number of nitrogens with one attached hydrogen (secondary N) is 1. The number of unbranched alkanes of at least 4 members (excludes halogenated alkanes) is 3. The quantitative estimate of drug-likeness (QED) is 0.174. The maximum Gasteiger partial charge on any atom is 0.254 e. The fraction of sp³-hybridized carbons (Fsp3) is 0.324. The third kappa shape index (κ3) is 8.37. The Kier molecular flexibility index (Phi) is 10.4. The Labute approximate surface area is 242 Å². The second-order valence-corrected chi connectivity index (χ2v) is 10.8. The molecule has 0 bridgehead atoms. The van der Waals surface area contributed by atoms with Gasteiger partial charge in [-0.2, -0.15) is 5.10 Å². The summed E-state index contributed by atoms with van der Waals surface area (Å²) >= 11 is 0. The molecule has 7 heteroatoms. The van der Waals surface area contributed by atoms with Gasteiger partial charge in [-0.15, -0.1) is 0 Å². The highest BCUT2D eigenvalue weighted by molar-refractivity contribution is 5.99. The van der Waals surface area contributed by atoms with Crippen LogP contribution in [0.15, 0.2) is 84.9 Å². The molecule has 0 fully saturated rings. The first-order valence-corrected chi connectivity index (χ1v) is 14.4. The molecule has 0 aliphatic heterocycles. The Morgan fingerprint density at radius 3 is 2.29 bits per heavy atom. The third-order valence-electron chi connectivity index (χ3n) is 6.84. The molecular weight excluding hydrogens is 515 g/mol. The van der Waals surface area contributed by atoms with E-state index in [4.69, 9.17) is 0 Å². The lowest BCUT2D eigenvalue weighted by atomic mass is 10.0. The molecule has 0 unspecified atom stereocenters. The van der Waals surface area contributed by atoms with Crippen LogP contribution < -0.4 is 5.32 Å². The number of carbonyl (C=O) groups is 2. The summed E-state index contributed by atoms with van der Waals surface area (Å²) in [5.41, 5.74) is 3.94. The van der Waals surface area contributed by atoms with E-state index in [1.54, 1.807) is 27.8 Å². The Hall–Kier alpha value is -4.26. The summed E-state index contributed by atoms with van der Waals surface area (Å²) in [4.78, 5) is 28.4. The van der Waals surface area contributed by atoms with Gasteiger partial charge in [0.05, 0.1) is 11.4 Å².